The summed E-state index contributed by atoms with van der Waals surface area (Å²) in [5, 5.41) is 2.99. The van der Waals surface area contributed by atoms with E-state index in [1.807, 2.05) is 37.3 Å². The number of esters is 1. The van der Waals surface area contributed by atoms with Gasteiger partial charge < -0.3 is 15.0 Å². The summed E-state index contributed by atoms with van der Waals surface area (Å²) in [4.78, 5) is 26.5. The molecule has 0 radical (unpaired) electrons. The Morgan fingerprint density at radius 1 is 1.29 bits per heavy atom. The number of nitrogens with zero attached hydrogens (tertiary/aromatic N) is 1. The van der Waals surface area contributed by atoms with Gasteiger partial charge in [-0.1, -0.05) is 30.3 Å². The number of methoxy groups -OCH3 is 1. The van der Waals surface area contributed by atoms with Crippen LogP contribution < -0.4 is 5.32 Å². The number of carbonyl (C=O) groups is 2. The topological polar surface area (TPSA) is 58.6 Å². The van der Waals surface area contributed by atoms with Gasteiger partial charge in [0.2, 0.25) is 0 Å². The molecule has 5 nitrogen and oxygen atoms in total. The molecule has 0 aromatic heterocycles. The van der Waals surface area contributed by atoms with Crippen molar-refractivity contribution in [2.24, 2.45) is 5.92 Å². The van der Waals surface area contributed by atoms with Gasteiger partial charge in [-0.15, -0.1) is 0 Å². The largest absolute Gasteiger partial charge is 0.469 e. The first-order chi connectivity index (χ1) is 10.1. The standard InChI is InChI=1S/C16H20N2O3/c1-10-13(15(19)21-2)14(11-6-4-3-5-7-11)17-16(20)18(10)12-8-9-12/h3-7,10,12-14H,8-9H2,1-2H3,(H,17,20)/t10-,13+,14+/m1/s1. The monoisotopic (exact) mass is 288 g/mol. The highest BCUT2D eigenvalue weighted by atomic mass is 16.5. The van der Waals surface area contributed by atoms with Crippen LogP contribution in [0.25, 0.3) is 0 Å². The zero-order valence-corrected chi connectivity index (χ0v) is 12.3. The Morgan fingerprint density at radius 2 is 1.95 bits per heavy atom. The summed E-state index contributed by atoms with van der Waals surface area (Å²) in [5.41, 5.74) is 0.934. The first kappa shape index (κ1) is 13.9. The van der Waals surface area contributed by atoms with Crippen molar-refractivity contribution in [2.45, 2.75) is 37.9 Å². The summed E-state index contributed by atoms with van der Waals surface area (Å²) in [6.07, 6.45) is 2.03. The molecule has 0 spiro atoms. The fraction of sp³-hybridized carbons (Fsp3) is 0.500. The number of carbonyl (C=O) groups excluding carboxylic acids is 2. The predicted molar refractivity (Wildman–Crippen MR) is 77.5 cm³/mol. The molecule has 1 heterocycles. The van der Waals surface area contributed by atoms with Gasteiger partial charge in [0.1, 0.15) is 5.92 Å². The number of nitrogens with one attached hydrogen (secondary N) is 1. The zero-order chi connectivity index (χ0) is 15.0. The van der Waals surface area contributed by atoms with Gasteiger partial charge >= 0.3 is 12.0 Å². The van der Waals surface area contributed by atoms with E-state index in [0.29, 0.717) is 0 Å². The van der Waals surface area contributed by atoms with E-state index in [2.05, 4.69) is 5.32 Å². The molecule has 0 bridgehead atoms. The molecule has 1 aliphatic heterocycles. The van der Waals surface area contributed by atoms with E-state index >= 15 is 0 Å². The summed E-state index contributed by atoms with van der Waals surface area (Å²) < 4.78 is 4.98. The predicted octanol–water partition coefficient (Wildman–Crippen LogP) is 2.09. The van der Waals surface area contributed by atoms with Crippen LogP contribution in [-0.2, 0) is 9.53 Å². The average Bonchev–Trinajstić information content (AvgIpc) is 3.31. The Hall–Kier alpha value is -2.04. The first-order valence-corrected chi connectivity index (χ1v) is 7.35. The van der Waals surface area contributed by atoms with Gasteiger partial charge in [0.15, 0.2) is 0 Å². The molecule has 1 saturated heterocycles. The number of hydrogen-bond donors (Lipinski definition) is 1. The van der Waals surface area contributed by atoms with Gasteiger partial charge in [-0.25, -0.2) is 4.79 Å². The fourth-order valence-electron chi connectivity index (χ4n) is 3.21. The fourth-order valence-corrected chi connectivity index (χ4v) is 3.21. The third kappa shape index (κ3) is 2.48. The van der Waals surface area contributed by atoms with Crippen LogP contribution in [0.5, 0.6) is 0 Å². The lowest BCUT2D eigenvalue weighted by atomic mass is 9.85. The minimum absolute atomic E-state index is 0.0843. The van der Waals surface area contributed by atoms with Crippen molar-refractivity contribution in [3.8, 4) is 0 Å². The van der Waals surface area contributed by atoms with Crippen LogP contribution in [-0.4, -0.2) is 36.1 Å². The third-order valence-corrected chi connectivity index (χ3v) is 4.40. The van der Waals surface area contributed by atoms with Crippen LogP contribution >= 0.6 is 0 Å². The summed E-state index contributed by atoms with van der Waals surface area (Å²) in [6.45, 7) is 1.94. The quantitative estimate of drug-likeness (QED) is 0.866. The molecule has 2 fully saturated rings. The maximum Gasteiger partial charge on any atom is 0.318 e. The minimum atomic E-state index is -0.393. The summed E-state index contributed by atoms with van der Waals surface area (Å²) in [5.74, 6) is -0.669. The Kier molecular flexibility index (Phi) is 3.57. The maximum absolute atomic E-state index is 12.4. The van der Waals surface area contributed by atoms with Crippen molar-refractivity contribution in [3.05, 3.63) is 35.9 Å². The molecule has 2 aliphatic rings. The van der Waals surface area contributed by atoms with E-state index in [9.17, 15) is 9.59 Å². The normalized spacial score (nSPS) is 29.0. The van der Waals surface area contributed by atoms with Crippen LogP contribution in [0.2, 0.25) is 0 Å². The molecular weight excluding hydrogens is 268 g/mol. The maximum atomic E-state index is 12.4. The van der Waals surface area contributed by atoms with E-state index in [-0.39, 0.29) is 30.1 Å². The van der Waals surface area contributed by atoms with Crippen LogP contribution in [0.1, 0.15) is 31.4 Å². The van der Waals surface area contributed by atoms with Crippen molar-refractivity contribution in [1.82, 2.24) is 10.2 Å². The Labute approximate surface area is 124 Å². The first-order valence-electron chi connectivity index (χ1n) is 7.35. The van der Waals surface area contributed by atoms with Crippen LogP contribution in [0.3, 0.4) is 0 Å². The van der Waals surface area contributed by atoms with E-state index in [1.54, 1.807) is 4.90 Å². The Bertz CT molecular complexity index is 542. The third-order valence-electron chi connectivity index (χ3n) is 4.40. The van der Waals surface area contributed by atoms with Gasteiger partial charge in [-0.05, 0) is 25.3 Å². The van der Waals surface area contributed by atoms with Gasteiger partial charge in [-0.3, -0.25) is 4.79 Å². The number of amides is 2. The molecular formula is C16H20N2O3. The van der Waals surface area contributed by atoms with Crippen LogP contribution in [0, 0.1) is 5.92 Å². The average molecular weight is 288 g/mol. The lowest BCUT2D eigenvalue weighted by Gasteiger charge is -2.43. The molecule has 112 valence electrons. The zero-order valence-electron chi connectivity index (χ0n) is 12.3. The number of ether oxygens (including phenoxy) is 1. The molecule has 5 heteroatoms. The van der Waals surface area contributed by atoms with Crippen molar-refractivity contribution >= 4 is 12.0 Å². The molecule has 1 aliphatic carbocycles. The van der Waals surface area contributed by atoms with Crippen molar-refractivity contribution in [3.63, 3.8) is 0 Å². The molecule has 1 N–H and O–H groups in total. The van der Waals surface area contributed by atoms with E-state index in [4.69, 9.17) is 4.74 Å². The van der Waals surface area contributed by atoms with E-state index in [0.717, 1.165) is 18.4 Å². The molecule has 2 amide bonds. The molecule has 1 aromatic rings. The van der Waals surface area contributed by atoms with Gasteiger partial charge in [-0.2, -0.15) is 0 Å². The SMILES string of the molecule is COC(=O)[C@H]1[C@@H](C)N(C2CC2)C(=O)N[C@H]1c1ccccc1. The summed E-state index contributed by atoms with van der Waals surface area (Å²) >= 11 is 0. The second-order valence-corrected chi connectivity index (χ2v) is 5.77. The van der Waals surface area contributed by atoms with Crippen molar-refractivity contribution in [1.29, 1.82) is 0 Å². The Balaban J connectivity index is 1.94. The highest BCUT2D eigenvalue weighted by Crippen LogP contribution is 2.38. The highest BCUT2D eigenvalue weighted by molar-refractivity contribution is 5.82. The van der Waals surface area contributed by atoms with Gasteiger partial charge in [0.25, 0.3) is 0 Å². The molecule has 1 saturated carbocycles. The molecule has 21 heavy (non-hydrogen) atoms. The van der Waals surface area contributed by atoms with E-state index < -0.39 is 5.92 Å². The molecule has 3 atom stereocenters. The smallest absolute Gasteiger partial charge is 0.318 e. The van der Waals surface area contributed by atoms with E-state index in [1.165, 1.54) is 7.11 Å². The molecule has 0 unspecified atom stereocenters. The number of urea groups is 1. The number of rotatable bonds is 3. The van der Waals surface area contributed by atoms with Gasteiger partial charge in [0, 0.05) is 12.1 Å². The molecule has 1 aromatic carbocycles. The number of hydrogen-bond acceptors (Lipinski definition) is 3. The second-order valence-electron chi connectivity index (χ2n) is 5.77. The van der Waals surface area contributed by atoms with Crippen molar-refractivity contribution < 1.29 is 14.3 Å². The lowest BCUT2D eigenvalue weighted by molar-refractivity contribution is -0.149. The van der Waals surface area contributed by atoms with Crippen LogP contribution in [0.15, 0.2) is 30.3 Å². The van der Waals surface area contributed by atoms with Gasteiger partial charge in [0.05, 0.1) is 13.2 Å². The minimum Gasteiger partial charge on any atom is -0.469 e. The second kappa shape index (κ2) is 5.39. The van der Waals surface area contributed by atoms with Crippen molar-refractivity contribution in [2.75, 3.05) is 7.11 Å². The number of benzene rings is 1. The van der Waals surface area contributed by atoms with Crippen LogP contribution in [0.4, 0.5) is 4.79 Å². The lowest BCUT2D eigenvalue weighted by Crippen LogP contribution is -2.60. The summed E-state index contributed by atoms with van der Waals surface area (Å²) in [6, 6.07) is 9.28. The highest BCUT2D eigenvalue weighted by Gasteiger charge is 2.49. The summed E-state index contributed by atoms with van der Waals surface area (Å²) in [7, 11) is 1.40. The molecule has 3 rings (SSSR count). The Morgan fingerprint density at radius 3 is 2.52 bits per heavy atom.